The van der Waals surface area contributed by atoms with E-state index in [0.29, 0.717) is 11.3 Å². The zero-order valence-corrected chi connectivity index (χ0v) is 10.7. The summed E-state index contributed by atoms with van der Waals surface area (Å²) in [7, 11) is 0. The molecule has 0 aliphatic carbocycles. The van der Waals surface area contributed by atoms with Crippen molar-refractivity contribution >= 4 is 5.97 Å². The first-order valence-corrected chi connectivity index (χ1v) is 5.65. The molecule has 1 rings (SSSR count). The third-order valence-corrected chi connectivity index (χ3v) is 2.36. The molecular formula is C14H18O4. The standard InChI is InChI=1S/C14H18O4/c1-4-14(2,3)18-13(16)10-17-12-8-6-5-7-11(12)9-15/h4-8,15H,1,9-10H2,2-3H3. The van der Waals surface area contributed by atoms with E-state index in [-0.39, 0.29) is 13.2 Å². The minimum Gasteiger partial charge on any atom is -0.482 e. The topological polar surface area (TPSA) is 55.8 Å². The number of para-hydroxylation sites is 1. The fourth-order valence-corrected chi connectivity index (χ4v) is 1.28. The zero-order chi connectivity index (χ0) is 13.6. The van der Waals surface area contributed by atoms with Crippen LogP contribution in [0.2, 0.25) is 0 Å². The molecule has 1 aromatic rings. The summed E-state index contributed by atoms with van der Waals surface area (Å²) in [6.07, 6.45) is 1.55. The van der Waals surface area contributed by atoms with Crippen LogP contribution in [-0.2, 0) is 16.1 Å². The molecule has 0 aromatic heterocycles. The molecule has 1 aromatic carbocycles. The van der Waals surface area contributed by atoms with Crippen LogP contribution in [0, 0.1) is 0 Å². The minimum atomic E-state index is -0.711. The van der Waals surface area contributed by atoms with Crippen molar-refractivity contribution in [1.29, 1.82) is 0 Å². The van der Waals surface area contributed by atoms with E-state index in [1.807, 2.05) is 0 Å². The summed E-state index contributed by atoms with van der Waals surface area (Å²) in [5, 5.41) is 9.10. The van der Waals surface area contributed by atoms with E-state index in [1.54, 1.807) is 44.2 Å². The molecule has 0 saturated heterocycles. The number of aliphatic hydroxyl groups excluding tert-OH is 1. The van der Waals surface area contributed by atoms with Crippen molar-refractivity contribution in [2.75, 3.05) is 6.61 Å². The predicted octanol–water partition coefficient (Wildman–Crippen LogP) is 2.07. The number of hydrogen-bond donors (Lipinski definition) is 1. The monoisotopic (exact) mass is 250 g/mol. The van der Waals surface area contributed by atoms with Gasteiger partial charge in [0.2, 0.25) is 0 Å². The lowest BCUT2D eigenvalue weighted by Gasteiger charge is -2.20. The summed E-state index contributed by atoms with van der Waals surface area (Å²) in [6, 6.07) is 6.98. The molecule has 0 spiro atoms. The van der Waals surface area contributed by atoms with Gasteiger partial charge in [0, 0.05) is 5.56 Å². The lowest BCUT2D eigenvalue weighted by atomic mass is 10.1. The Morgan fingerprint density at radius 1 is 1.44 bits per heavy atom. The molecule has 0 saturated carbocycles. The molecule has 0 amide bonds. The third-order valence-electron chi connectivity index (χ3n) is 2.36. The van der Waals surface area contributed by atoms with E-state index in [9.17, 15) is 4.79 Å². The number of rotatable bonds is 6. The van der Waals surface area contributed by atoms with Gasteiger partial charge >= 0.3 is 5.97 Å². The van der Waals surface area contributed by atoms with E-state index in [2.05, 4.69) is 6.58 Å². The lowest BCUT2D eigenvalue weighted by Crippen LogP contribution is -2.28. The average molecular weight is 250 g/mol. The van der Waals surface area contributed by atoms with E-state index in [4.69, 9.17) is 14.6 Å². The zero-order valence-electron chi connectivity index (χ0n) is 10.7. The van der Waals surface area contributed by atoms with E-state index in [0.717, 1.165) is 0 Å². The molecule has 0 unspecified atom stereocenters. The second-order valence-electron chi connectivity index (χ2n) is 4.34. The van der Waals surface area contributed by atoms with Crippen LogP contribution < -0.4 is 4.74 Å². The van der Waals surface area contributed by atoms with E-state index in [1.165, 1.54) is 0 Å². The fraction of sp³-hybridized carbons (Fsp3) is 0.357. The van der Waals surface area contributed by atoms with Crippen molar-refractivity contribution in [3.8, 4) is 5.75 Å². The number of aliphatic hydroxyl groups is 1. The maximum absolute atomic E-state index is 11.5. The minimum absolute atomic E-state index is 0.136. The Labute approximate surface area is 107 Å². The quantitative estimate of drug-likeness (QED) is 0.620. The molecule has 0 heterocycles. The lowest BCUT2D eigenvalue weighted by molar-refractivity contribution is -0.154. The molecule has 0 atom stereocenters. The highest BCUT2D eigenvalue weighted by Crippen LogP contribution is 2.18. The molecule has 0 aliphatic heterocycles. The first kappa shape index (κ1) is 14.3. The van der Waals surface area contributed by atoms with Gasteiger partial charge in [-0.1, -0.05) is 24.8 Å². The molecule has 98 valence electrons. The third kappa shape index (κ3) is 4.22. The molecule has 0 fully saturated rings. The molecule has 18 heavy (non-hydrogen) atoms. The maximum Gasteiger partial charge on any atom is 0.345 e. The fourth-order valence-electron chi connectivity index (χ4n) is 1.28. The van der Waals surface area contributed by atoms with Gasteiger partial charge in [0.05, 0.1) is 6.61 Å². The smallest absolute Gasteiger partial charge is 0.345 e. The number of carbonyl (C=O) groups is 1. The van der Waals surface area contributed by atoms with Crippen LogP contribution in [0.3, 0.4) is 0 Å². The summed E-state index contributed by atoms with van der Waals surface area (Å²) in [5.41, 5.74) is -0.0787. The normalized spacial score (nSPS) is 10.8. The summed E-state index contributed by atoms with van der Waals surface area (Å²) in [5.74, 6) is 0.000928. The summed E-state index contributed by atoms with van der Waals surface area (Å²) in [4.78, 5) is 11.5. The number of carbonyl (C=O) groups excluding carboxylic acids is 1. The predicted molar refractivity (Wildman–Crippen MR) is 68.2 cm³/mol. The SMILES string of the molecule is C=CC(C)(C)OC(=O)COc1ccccc1CO. The number of ether oxygens (including phenoxy) is 2. The van der Waals surface area contributed by atoms with Gasteiger partial charge in [-0.15, -0.1) is 0 Å². The van der Waals surface area contributed by atoms with Crippen molar-refractivity contribution in [3.05, 3.63) is 42.5 Å². The Hall–Kier alpha value is -1.81. The molecule has 0 aliphatic rings. The van der Waals surface area contributed by atoms with Crippen LogP contribution in [0.4, 0.5) is 0 Å². The van der Waals surface area contributed by atoms with Gasteiger partial charge in [-0.05, 0) is 26.0 Å². The number of hydrogen-bond acceptors (Lipinski definition) is 4. The van der Waals surface area contributed by atoms with Crippen molar-refractivity contribution in [3.63, 3.8) is 0 Å². The molecule has 0 radical (unpaired) electrons. The summed E-state index contributed by atoms with van der Waals surface area (Å²) in [6.45, 7) is 6.72. The first-order valence-electron chi connectivity index (χ1n) is 5.65. The van der Waals surface area contributed by atoms with Crippen LogP contribution >= 0.6 is 0 Å². The van der Waals surface area contributed by atoms with E-state index >= 15 is 0 Å². The van der Waals surface area contributed by atoms with Gasteiger partial charge in [-0.3, -0.25) is 0 Å². The molecule has 4 heteroatoms. The summed E-state index contributed by atoms with van der Waals surface area (Å²) < 4.78 is 10.4. The number of esters is 1. The maximum atomic E-state index is 11.5. The Morgan fingerprint density at radius 2 is 2.11 bits per heavy atom. The van der Waals surface area contributed by atoms with Crippen molar-refractivity contribution in [1.82, 2.24) is 0 Å². The van der Waals surface area contributed by atoms with Crippen LogP contribution in [0.1, 0.15) is 19.4 Å². The van der Waals surface area contributed by atoms with Crippen LogP contribution in [-0.4, -0.2) is 23.3 Å². The van der Waals surface area contributed by atoms with Gasteiger partial charge in [-0.2, -0.15) is 0 Å². The Kier molecular flexibility index (Phi) is 4.92. The van der Waals surface area contributed by atoms with Crippen LogP contribution in [0.15, 0.2) is 36.9 Å². The van der Waals surface area contributed by atoms with Gasteiger partial charge < -0.3 is 14.6 Å². The second kappa shape index (κ2) is 6.21. The van der Waals surface area contributed by atoms with Gasteiger partial charge in [0.15, 0.2) is 6.61 Å². The molecule has 0 bridgehead atoms. The van der Waals surface area contributed by atoms with Gasteiger partial charge in [-0.25, -0.2) is 4.79 Å². The highest BCUT2D eigenvalue weighted by molar-refractivity contribution is 5.71. The van der Waals surface area contributed by atoms with Crippen LogP contribution in [0.5, 0.6) is 5.75 Å². The van der Waals surface area contributed by atoms with Crippen molar-refractivity contribution < 1.29 is 19.4 Å². The van der Waals surface area contributed by atoms with E-state index < -0.39 is 11.6 Å². The highest BCUT2D eigenvalue weighted by Gasteiger charge is 2.19. The Morgan fingerprint density at radius 3 is 2.72 bits per heavy atom. The Balaban J connectivity index is 2.55. The molecule has 1 N–H and O–H groups in total. The first-order chi connectivity index (χ1) is 8.48. The highest BCUT2D eigenvalue weighted by atomic mass is 16.6. The largest absolute Gasteiger partial charge is 0.482 e. The van der Waals surface area contributed by atoms with Gasteiger partial charge in [0.25, 0.3) is 0 Å². The second-order valence-corrected chi connectivity index (χ2v) is 4.34. The number of benzene rings is 1. The molecular weight excluding hydrogens is 232 g/mol. The van der Waals surface area contributed by atoms with Crippen molar-refractivity contribution in [2.24, 2.45) is 0 Å². The molecule has 4 nitrogen and oxygen atoms in total. The average Bonchev–Trinajstić information content (AvgIpc) is 2.36. The van der Waals surface area contributed by atoms with Crippen molar-refractivity contribution in [2.45, 2.75) is 26.1 Å². The summed E-state index contributed by atoms with van der Waals surface area (Å²) >= 11 is 0. The Bertz CT molecular complexity index is 424. The van der Waals surface area contributed by atoms with Gasteiger partial charge in [0.1, 0.15) is 11.4 Å². The van der Waals surface area contributed by atoms with Crippen LogP contribution in [0.25, 0.3) is 0 Å².